The average molecular weight is 247 g/mol. The van der Waals surface area contributed by atoms with Gasteiger partial charge in [-0.3, -0.25) is 14.5 Å². The molecule has 1 aromatic carbocycles. The van der Waals surface area contributed by atoms with Crippen LogP contribution in [0.25, 0.3) is 0 Å². The minimum absolute atomic E-state index is 0.0241. The molecule has 0 spiro atoms. The van der Waals surface area contributed by atoms with Gasteiger partial charge in [-0.2, -0.15) is 0 Å². The van der Waals surface area contributed by atoms with Gasteiger partial charge in [0.05, 0.1) is 17.4 Å². The van der Waals surface area contributed by atoms with Crippen molar-refractivity contribution in [2.24, 2.45) is 11.7 Å². The highest BCUT2D eigenvalue weighted by Crippen LogP contribution is 2.29. The van der Waals surface area contributed by atoms with Crippen LogP contribution in [-0.4, -0.2) is 24.4 Å². The van der Waals surface area contributed by atoms with Gasteiger partial charge in [-0.15, -0.1) is 0 Å². The highest BCUT2D eigenvalue weighted by atomic mass is 16.2. The lowest BCUT2D eigenvalue weighted by Crippen LogP contribution is -2.51. The minimum atomic E-state index is -0.594. The van der Waals surface area contributed by atoms with Crippen LogP contribution in [0, 0.1) is 5.92 Å². The summed E-state index contributed by atoms with van der Waals surface area (Å²) in [5.74, 6) is -0.375. The molecule has 96 valence electrons. The number of hydrogen-bond donors (Lipinski definition) is 2. The van der Waals surface area contributed by atoms with Gasteiger partial charge in [0, 0.05) is 0 Å². The summed E-state index contributed by atoms with van der Waals surface area (Å²) >= 11 is 0. The van der Waals surface area contributed by atoms with Crippen LogP contribution >= 0.6 is 0 Å². The summed E-state index contributed by atoms with van der Waals surface area (Å²) in [5, 5.41) is 2.74. The first-order chi connectivity index (χ1) is 8.50. The van der Waals surface area contributed by atoms with Gasteiger partial charge in [0.2, 0.25) is 11.8 Å². The van der Waals surface area contributed by atoms with Crippen LogP contribution in [0.2, 0.25) is 0 Å². The number of carbonyl (C=O) groups is 2. The molecule has 0 saturated carbocycles. The second-order valence-electron chi connectivity index (χ2n) is 4.76. The summed E-state index contributed by atoms with van der Waals surface area (Å²) in [6, 6.07) is 6.63. The molecule has 0 radical (unpaired) electrons. The van der Waals surface area contributed by atoms with Crippen LogP contribution in [0.1, 0.15) is 13.8 Å². The number of nitrogens with two attached hydrogens (primary N) is 1. The number of carbonyl (C=O) groups excluding carboxylic acids is 2. The first kappa shape index (κ1) is 12.6. The molecule has 0 saturated heterocycles. The second kappa shape index (κ2) is 4.78. The Labute approximate surface area is 106 Å². The molecular weight excluding hydrogens is 230 g/mol. The van der Waals surface area contributed by atoms with Gasteiger partial charge in [0.25, 0.3) is 0 Å². The van der Waals surface area contributed by atoms with Crippen molar-refractivity contribution in [2.75, 3.05) is 16.8 Å². The van der Waals surface area contributed by atoms with Crippen molar-refractivity contribution in [1.29, 1.82) is 0 Å². The summed E-state index contributed by atoms with van der Waals surface area (Å²) in [5.41, 5.74) is 7.23. The van der Waals surface area contributed by atoms with Crippen molar-refractivity contribution in [3.05, 3.63) is 24.3 Å². The van der Waals surface area contributed by atoms with Crippen LogP contribution in [0.5, 0.6) is 0 Å². The number of nitrogens with zero attached hydrogens (tertiary/aromatic N) is 1. The fourth-order valence-corrected chi connectivity index (χ4v) is 1.89. The Bertz CT molecular complexity index is 485. The summed E-state index contributed by atoms with van der Waals surface area (Å²) in [4.78, 5) is 25.3. The summed E-state index contributed by atoms with van der Waals surface area (Å²) in [6.07, 6.45) is 0. The topological polar surface area (TPSA) is 75.4 Å². The lowest BCUT2D eigenvalue weighted by molar-refractivity contribution is -0.123. The standard InChI is InChI=1S/C13H17N3O2/c1-8(2)12(14)13(18)16-7-11(17)15-9-5-3-4-6-10(9)16/h3-6,8,12H,7,14H2,1-2H3,(H,15,17)/t12-/m1/s1. The van der Waals surface area contributed by atoms with E-state index in [0.717, 1.165) is 0 Å². The molecular formula is C13H17N3O2. The number of amides is 2. The average Bonchev–Trinajstić information content (AvgIpc) is 2.35. The molecule has 0 aromatic heterocycles. The molecule has 0 bridgehead atoms. The van der Waals surface area contributed by atoms with Crippen molar-refractivity contribution in [2.45, 2.75) is 19.9 Å². The maximum Gasteiger partial charge on any atom is 0.244 e. The molecule has 1 aromatic rings. The third kappa shape index (κ3) is 2.22. The van der Waals surface area contributed by atoms with Gasteiger partial charge in [-0.05, 0) is 18.1 Å². The van der Waals surface area contributed by atoms with E-state index in [2.05, 4.69) is 5.32 Å². The van der Waals surface area contributed by atoms with E-state index < -0.39 is 6.04 Å². The number of hydrogen-bond acceptors (Lipinski definition) is 3. The van der Waals surface area contributed by atoms with Crippen LogP contribution in [0.4, 0.5) is 11.4 Å². The van der Waals surface area contributed by atoms with E-state index in [4.69, 9.17) is 5.73 Å². The quantitative estimate of drug-likeness (QED) is 0.817. The zero-order valence-electron chi connectivity index (χ0n) is 10.5. The third-order valence-corrected chi connectivity index (χ3v) is 3.04. The lowest BCUT2D eigenvalue weighted by Gasteiger charge is -2.31. The van der Waals surface area contributed by atoms with Gasteiger partial charge in [0.1, 0.15) is 6.54 Å². The van der Waals surface area contributed by atoms with Gasteiger partial charge in [-0.25, -0.2) is 0 Å². The molecule has 0 unspecified atom stereocenters. The van der Waals surface area contributed by atoms with Crippen molar-refractivity contribution in [1.82, 2.24) is 0 Å². The van der Waals surface area contributed by atoms with Crippen molar-refractivity contribution in [3.63, 3.8) is 0 Å². The van der Waals surface area contributed by atoms with Crippen molar-refractivity contribution < 1.29 is 9.59 Å². The van der Waals surface area contributed by atoms with E-state index in [9.17, 15) is 9.59 Å². The fraction of sp³-hybridized carbons (Fsp3) is 0.385. The van der Waals surface area contributed by atoms with E-state index >= 15 is 0 Å². The Morgan fingerprint density at radius 1 is 1.39 bits per heavy atom. The van der Waals surface area contributed by atoms with Crippen molar-refractivity contribution in [3.8, 4) is 0 Å². The largest absolute Gasteiger partial charge is 0.323 e. The van der Waals surface area contributed by atoms with E-state index in [1.54, 1.807) is 12.1 Å². The van der Waals surface area contributed by atoms with Crippen LogP contribution in [-0.2, 0) is 9.59 Å². The predicted molar refractivity (Wildman–Crippen MR) is 70.2 cm³/mol. The number of benzene rings is 1. The summed E-state index contributed by atoms with van der Waals surface area (Å²) < 4.78 is 0. The normalized spacial score (nSPS) is 16.2. The Morgan fingerprint density at radius 3 is 2.72 bits per heavy atom. The zero-order chi connectivity index (χ0) is 13.3. The highest BCUT2D eigenvalue weighted by molar-refractivity contribution is 6.11. The number of fused-ring (bicyclic) bond motifs is 1. The van der Waals surface area contributed by atoms with Crippen LogP contribution in [0.15, 0.2) is 24.3 Å². The molecule has 0 aliphatic carbocycles. The number of anilines is 2. The summed E-state index contributed by atoms with van der Waals surface area (Å²) in [6.45, 7) is 3.80. The van der Waals surface area contributed by atoms with E-state index in [0.29, 0.717) is 11.4 Å². The smallest absolute Gasteiger partial charge is 0.244 e. The first-order valence-electron chi connectivity index (χ1n) is 5.96. The molecule has 1 aliphatic rings. The minimum Gasteiger partial charge on any atom is -0.323 e. The number of para-hydroxylation sites is 2. The monoisotopic (exact) mass is 247 g/mol. The lowest BCUT2D eigenvalue weighted by atomic mass is 10.0. The maximum atomic E-state index is 12.3. The second-order valence-corrected chi connectivity index (χ2v) is 4.76. The van der Waals surface area contributed by atoms with E-state index in [1.807, 2.05) is 26.0 Å². The van der Waals surface area contributed by atoms with Gasteiger partial charge in [-0.1, -0.05) is 26.0 Å². The molecule has 18 heavy (non-hydrogen) atoms. The SMILES string of the molecule is CC(C)[C@@H](N)C(=O)N1CC(=O)Nc2ccccc21. The molecule has 1 aliphatic heterocycles. The molecule has 5 nitrogen and oxygen atoms in total. The van der Waals surface area contributed by atoms with Crippen LogP contribution in [0.3, 0.4) is 0 Å². The van der Waals surface area contributed by atoms with E-state index in [1.165, 1.54) is 4.90 Å². The number of rotatable bonds is 2. The molecule has 1 heterocycles. The Kier molecular flexibility index (Phi) is 3.34. The first-order valence-corrected chi connectivity index (χ1v) is 5.96. The van der Waals surface area contributed by atoms with Gasteiger partial charge in [0.15, 0.2) is 0 Å². The molecule has 1 atom stereocenters. The Hall–Kier alpha value is -1.88. The van der Waals surface area contributed by atoms with Crippen LogP contribution < -0.4 is 16.0 Å². The molecule has 2 rings (SSSR count). The highest BCUT2D eigenvalue weighted by Gasteiger charge is 2.30. The van der Waals surface area contributed by atoms with E-state index in [-0.39, 0.29) is 24.3 Å². The predicted octanol–water partition coefficient (Wildman–Crippen LogP) is 0.955. The van der Waals surface area contributed by atoms with Crippen molar-refractivity contribution >= 4 is 23.2 Å². The van der Waals surface area contributed by atoms with Gasteiger partial charge >= 0.3 is 0 Å². The molecule has 0 fully saturated rings. The Balaban J connectivity index is 2.34. The fourth-order valence-electron chi connectivity index (χ4n) is 1.89. The number of nitrogens with one attached hydrogen (secondary N) is 1. The zero-order valence-corrected chi connectivity index (χ0v) is 10.5. The molecule has 5 heteroatoms. The maximum absolute atomic E-state index is 12.3. The molecule has 2 amide bonds. The molecule has 3 N–H and O–H groups in total. The Morgan fingerprint density at radius 2 is 2.06 bits per heavy atom. The third-order valence-electron chi connectivity index (χ3n) is 3.04. The summed E-state index contributed by atoms with van der Waals surface area (Å²) in [7, 11) is 0. The van der Waals surface area contributed by atoms with Gasteiger partial charge < -0.3 is 11.1 Å².